The van der Waals surface area contributed by atoms with Gasteiger partial charge in [-0.3, -0.25) is 10.1 Å². The number of hydrogen-bond acceptors (Lipinski definition) is 6. The van der Waals surface area contributed by atoms with Crippen molar-refractivity contribution in [1.82, 2.24) is 10.3 Å². The van der Waals surface area contributed by atoms with Gasteiger partial charge in [-0.15, -0.1) is 0 Å². The second-order valence-electron chi connectivity index (χ2n) is 5.61. The van der Waals surface area contributed by atoms with E-state index < -0.39 is 4.92 Å². The topological polar surface area (TPSA) is 89.3 Å². The van der Waals surface area contributed by atoms with Crippen molar-refractivity contribution in [3.8, 4) is 0 Å². The van der Waals surface area contributed by atoms with Crippen LogP contribution in [0.2, 0.25) is 0 Å². The first-order chi connectivity index (χ1) is 10.1. The molecular formula is C14H22N4O3. The summed E-state index contributed by atoms with van der Waals surface area (Å²) >= 11 is 0. The van der Waals surface area contributed by atoms with Crippen LogP contribution in [0.15, 0.2) is 12.1 Å². The van der Waals surface area contributed by atoms with Crippen molar-refractivity contribution >= 4 is 11.5 Å². The minimum absolute atomic E-state index is 0.000700. The van der Waals surface area contributed by atoms with Crippen LogP contribution < -0.4 is 10.6 Å². The van der Waals surface area contributed by atoms with Crippen LogP contribution in [0, 0.1) is 22.5 Å². The number of nitrogens with one attached hydrogen (secondary N) is 2. The third-order valence-corrected chi connectivity index (χ3v) is 3.96. The van der Waals surface area contributed by atoms with Gasteiger partial charge >= 0.3 is 5.69 Å². The second-order valence-corrected chi connectivity index (χ2v) is 5.61. The number of aromatic nitrogens is 1. The van der Waals surface area contributed by atoms with Crippen LogP contribution in [-0.4, -0.2) is 43.3 Å². The number of anilines is 1. The average molecular weight is 294 g/mol. The third kappa shape index (κ3) is 3.89. The van der Waals surface area contributed by atoms with Crippen molar-refractivity contribution in [1.29, 1.82) is 0 Å². The van der Waals surface area contributed by atoms with E-state index in [2.05, 4.69) is 15.6 Å². The molecule has 0 spiro atoms. The molecule has 1 aromatic heterocycles. The standard InChI is InChI=1S/C14H22N4O3/c1-11-3-4-12(18(19)20)13(17-11)16-9-14(10-21-2)5-7-15-8-6-14/h3-4,15H,5-10H2,1-2H3,(H,16,17). The molecule has 1 saturated heterocycles. The van der Waals surface area contributed by atoms with Gasteiger partial charge in [-0.2, -0.15) is 0 Å². The van der Waals surface area contributed by atoms with Gasteiger partial charge in [0, 0.05) is 30.8 Å². The Labute approximate surface area is 124 Å². The van der Waals surface area contributed by atoms with E-state index >= 15 is 0 Å². The van der Waals surface area contributed by atoms with Crippen molar-refractivity contribution in [2.45, 2.75) is 19.8 Å². The molecule has 0 aliphatic carbocycles. The van der Waals surface area contributed by atoms with Crippen molar-refractivity contribution in [2.75, 3.05) is 38.7 Å². The first-order valence-electron chi connectivity index (χ1n) is 7.12. The lowest BCUT2D eigenvalue weighted by Crippen LogP contribution is -2.44. The van der Waals surface area contributed by atoms with E-state index in [1.54, 1.807) is 13.2 Å². The lowest BCUT2D eigenvalue weighted by atomic mass is 9.79. The number of pyridine rings is 1. The maximum absolute atomic E-state index is 11.1. The van der Waals surface area contributed by atoms with E-state index in [-0.39, 0.29) is 11.1 Å². The molecule has 1 aliphatic heterocycles. The van der Waals surface area contributed by atoms with E-state index in [1.807, 2.05) is 6.92 Å². The predicted molar refractivity (Wildman–Crippen MR) is 80.5 cm³/mol. The zero-order valence-electron chi connectivity index (χ0n) is 12.5. The van der Waals surface area contributed by atoms with Crippen LogP contribution in [0.4, 0.5) is 11.5 Å². The number of nitro groups is 1. The highest BCUT2D eigenvalue weighted by atomic mass is 16.6. The number of piperidine rings is 1. The molecule has 0 radical (unpaired) electrons. The van der Waals surface area contributed by atoms with Crippen molar-refractivity contribution in [3.63, 3.8) is 0 Å². The van der Waals surface area contributed by atoms with Crippen LogP contribution in [0.25, 0.3) is 0 Å². The monoisotopic (exact) mass is 294 g/mol. The summed E-state index contributed by atoms with van der Waals surface area (Å²) in [6.45, 7) is 4.97. The van der Waals surface area contributed by atoms with Gasteiger partial charge in [0.05, 0.1) is 11.5 Å². The van der Waals surface area contributed by atoms with Crippen molar-refractivity contribution in [2.24, 2.45) is 5.41 Å². The maximum Gasteiger partial charge on any atom is 0.311 e. The van der Waals surface area contributed by atoms with E-state index in [0.29, 0.717) is 19.0 Å². The van der Waals surface area contributed by atoms with Crippen LogP contribution in [0.3, 0.4) is 0 Å². The highest BCUT2D eigenvalue weighted by Gasteiger charge is 2.32. The normalized spacial score (nSPS) is 17.4. The van der Waals surface area contributed by atoms with Crippen LogP contribution in [0.5, 0.6) is 0 Å². The molecule has 0 saturated carbocycles. The Morgan fingerprint density at radius 2 is 2.19 bits per heavy atom. The highest BCUT2D eigenvalue weighted by Crippen LogP contribution is 2.31. The second kappa shape index (κ2) is 6.82. The molecule has 1 fully saturated rings. The lowest BCUT2D eigenvalue weighted by molar-refractivity contribution is -0.384. The van der Waals surface area contributed by atoms with Crippen LogP contribution >= 0.6 is 0 Å². The first kappa shape index (κ1) is 15.7. The molecule has 0 bridgehead atoms. The summed E-state index contributed by atoms with van der Waals surface area (Å²) in [5, 5.41) is 17.6. The molecule has 1 aromatic rings. The molecule has 2 rings (SSSR count). The molecule has 0 atom stereocenters. The predicted octanol–water partition coefficient (Wildman–Crippen LogP) is 1.73. The Balaban J connectivity index is 2.13. The Bertz CT molecular complexity index is 495. The number of aryl methyl sites for hydroxylation is 1. The smallest absolute Gasteiger partial charge is 0.311 e. The molecule has 1 aliphatic rings. The molecule has 21 heavy (non-hydrogen) atoms. The van der Waals surface area contributed by atoms with Gasteiger partial charge in [-0.05, 0) is 38.9 Å². The van der Waals surface area contributed by atoms with E-state index in [9.17, 15) is 10.1 Å². The molecule has 7 nitrogen and oxygen atoms in total. The summed E-state index contributed by atoms with van der Waals surface area (Å²) in [5.74, 6) is 0.342. The van der Waals surface area contributed by atoms with Gasteiger partial charge < -0.3 is 15.4 Å². The fraction of sp³-hybridized carbons (Fsp3) is 0.643. The maximum atomic E-state index is 11.1. The fourth-order valence-electron chi connectivity index (χ4n) is 2.73. The Morgan fingerprint density at radius 1 is 1.48 bits per heavy atom. The van der Waals surface area contributed by atoms with Crippen LogP contribution in [0.1, 0.15) is 18.5 Å². The largest absolute Gasteiger partial charge is 0.384 e. The molecule has 0 unspecified atom stereocenters. The van der Waals surface area contributed by atoms with Crippen molar-refractivity contribution < 1.29 is 9.66 Å². The van der Waals surface area contributed by atoms with Gasteiger partial charge in [0.25, 0.3) is 0 Å². The SMILES string of the molecule is COCC1(CNc2nc(C)ccc2[N+](=O)[O-])CCNCC1. The Morgan fingerprint density at radius 3 is 2.81 bits per heavy atom. The molecule has 2 heterocycles. The quantitative estimate of drug-likeness (QED) is 0.613. The minimum Gasteiger partial charge on any atom is -0.384 e. The Hall–Kier alpha value is -1.73. The van der Waals surface area contributed by atoms with E-state index in [0.717, 1.165) is 31.6 Å². The molecular weight excluding hydrogens is 272 g/mol. The molecule has 2 N–H and O–H groups in total. The van der Waals surface area contributed by atoms with Gasteiger partial charge in [0.2, 0.25) is 5.82 Å². The third-order valence-electron chi connectivity index (χ3n) is 3.96. The Kier molecular flexibility index (Phi) is 5.08. The number of ether oxygens (including phenoxy) is 1. The number of hydrogen-bond donors (Lipinski definition) is 2. The van der Waals surface area contributed by atoms with E-state index in [4.69, 9.17) is 4.74 Å². The summed E-state index contributed by atoms with van der Waals surface area (Å²) < 4.78 is 5.35. The minimum atomic E-state index is -0.403. The highest BCUT2D eigenvalue weighted by molar-refractivity contribution is 5.56. The summed E-state index contributed by atoms with van der Waals surface area (Å²) in [6.07, 6.45) is 1.96. The molecule has 7 heteroatoms. The van der Waals surface area contributed by atoms with Crippen LogP contribution in [-0.2, 0) is 4.74 Å². The zero-order valence-corrected chi connectivity index (χ0v) is 12.5. The summed E-state index contributed by atoms with van der Waals surface area (Å²) in [6, 6.07) is 3.15. The molecule has 0 amide bonds. The number of methoxy groups -OCH3 is 1. The zero-order chi connectivity index (χ0) is 15.3. The molecule has 0 aromatic carbocycles. The summed E-state index contributed by atoms with van der Waals surface area (Å²) in [5.41, 5.74) is 0.774. The van der Waals surface area contributed by atoms with E-state index in [1.165, 1.54) is 6.07 Å². The van der Waals surface area contributed by atoms with Crippen molar-refractivity contribution in [3.05, 3.63) is 27.9 Å². The fourth-order valence-corrected chi connectivity index (χ4v) is 2.73. The number of rotatable bonds is 6. The van der Waals surface area contributed by atoms with Gasteiger partial charge in [0.15, 0.2) is 0 Å². The summed E-state index contributed by atoms with van der Waals surface area (Å²) in [4.78, 5) is 14.9. The lowest BCUT2D eigenvalue weighted by Gasteiger charge is -2.37. The molecule has 116 valence electrons. The average Bonchev–Trinajstić information content (AvgIpc) is 2.46. The first-order valence-corrected chi connectivity index (χ1v) is 7.12. The van der Waals surface area contributed by atoms with Gasteiger partial charge in [0.1, 0.15) is 0 Å². The number of nitrogens with zero attached hydrogens (tertiary/aromatic N) is 2. The van der Waals surface area contributed by atoms with Gasteiger partial charge in [-0.25, -0.2) is 4.98 Å². The van der Waals surface area contributed by atoms with Gasteiger partial charge in [-0.1, -0.05) is 0 Å². The summed E-state index contributed by atoms with van der Waals surface area (Å²) in [7, 11) is 1.69.